The first-order valence-electron chi connectivity index (χ1n) is 16.6. The van der Waals surface area contributed by atoms with Gasteiger partial charge < -0.3 is 35.8 Å². The van der Waals surface area contributed by atoms with Crippen molar-refractivity contribution in [1.82, 2.24) is 24.9 Å². The van der Waals surface area contributed by atoms with Crippen LogP contribution in [-0.4, -0.2) is 115 Å². The molecule has 4 aliphatic heterocycles. The third-order valence-corrected chi connectivity index (χ3v) is 9.89. The molecule has 3 fully saturated rings. The molecule has 0 bridgehead atoms. The average Bonchev–Trinajstić information content (AvgIpc) is 3.44. The quantitative estimate of drug-likeness (QED) is 0.426. The SMILES string of the molecule is Nc1ccc(C[C@@H](OC(=O)N2CCC(N3CCc4ccccc4NC3=O)CC2)C(=O)N2CCC(N3CCCNCC3)CC2)cc1. The number of urea groups is 1. The Labute approximate surface area is 266 Å². The van der Waals surface area contributed by atoms with Gasteiger partial charge >= 0.3 is 12.1 Å². The first-order chi connectivity index (χ1) is 21.9. The highest BCUT2D eigenvalue weighted by Gasteiger charge is 2.36. The van der Waals surface area contributed by atoms with E-state index in [4.69, 9.17) is 10.5 Å². The second-order valence-corrected chi connectivity index (χ2v) is 12.8. The number of nitrogens with zero attached hydrogens (tertiary/aromatic N) is 4. The summed E-state index contributed by atoms with van der Waals surface area (Å²) < 4.78 is 6.02. The summed E-state index contributed by atoms with van der Waals surface area (Å²) in [6, 6.07) is 15.7. The number of anilines is 2. The van der Waals surface area contributed by atoms with Crippen molar-refractivity contribution in [3.05, 3.63) is 59.7 Å². The van der Waals surface area contributed by atoms with E-state index in [1.54, 1.807) is 4.90 Å². The zero-order chi connectivity index (χ0) is 31.2. The van der Waals surface area contributed by atoms with Gasteiger partial charge in [0.1, 0.15) is 0 Å². The molecule has 4 N–H and O–H groups in total. The van der Waals surface area contributed by atoms with E-state index in [0.717, 1.165) is 68.7 Å². The Bertz CT molecular complexity index is 1310. The van der Waals surface area contributed by atoms with Gasteiger partial charge in [-0.3, -0.25) is 9.69 Å². The zero-order valence-electron chi connectivity index (χ0n) is 26.2. The lowest BCUT2D eigenvalue weighted by Gasteiger charge is -2.39. The van der Waals surface area contributed by atoms with Crippen LogP contribution in [0.1, 0.15) is 43.2 Å². The fourth-order valence-corrected chi connectivity index (χ4v) is 7.23. The molecule has 11 nitrogen and oxygen atoms in total. The van der Waals surface area contributed by atoms with Gasteiger partial charge in [-0.1, -0.05) is 30.3 Å². The fraction of sp³-hybridized carbons (Fsp3) is 0.559. The summed E-state index contributed by atoms with van der Waals surface area (Å²) in [6.07, 6.45) is 4.04. The number of nitrogens with two attached hydrogens (primary N) is 1. The van der Waals surface area contributed by atoms with Crippen LogP contribution in [0.25, 0.3) is 0 Å². The van der Waals surface area contributed by atoms with Gasteiger partial charge in [0.2, 0.25) is 0 Å². The number of benzene rings is 2. The standard InChI is InChI=1S/C34H47N7O4/c35-27-8-6-25(7-9-27)24-31(32(42)39-18-11-28(12-19-39)38-17-3-15-36-16-23-38)45-34(44)40-20-13-29(14-21-40)41-22-10-26-4-1-2-5-30(26)37-33(41)43/h1-2,4-9,28-29,31,36H,3,10-24,35H2,(H,37,43)/t31-/m1/s1. The van der Waals surface area contributed by atoms with Crippen LogP contribution in [0.3, 0.4) is 0 Å². The molecular formula is C34H47N7O4. The number of carbonyl (C=O) groups is 3. The number of piperidine rings is 2. The van der Waals surface area contributed by atoms with Gasteiger partial charge in [0, 0.05) is 75.7 Å². The molecular weight excluding hydrogens is 570 g/mol. The Hall–Kier alpha value is -3.83. The number of para-hydroxylation sites is 1. The largest absolute Gasteiger partial charge is 0.436 e. The second-order valence-electron chi connectivity index (χ2n) is 12.8. The third-order valence-electron chi connectivity index (χ3n) is 9.89. The minimum atomic E-state index is -0.910. The Balaban J connectivity index is 1.05. The smallest absolute Gasteiger partial charge is 0.410 e. The molecule has 6 rings (SSSR count). The molecule has 242 valence electrons. The lowest BCUT2D eigenvalue weighted by molar-refractivity contribution is -0.142. The number of rotatable bonds is 6. The number of nitrogen functional groups attached to an aromatic ring is 1. The topological polar surface area (TPSA) is 123 Å². The van der Waals surface area contributed by atoms with Crippen LogP contribution >= 0.6 is 0 Å². The Morgan fingerprint density at radius 2 is 1.56 bits per heavy atom. The molecule has 4 aliphatic rings. The maximum absolute atomic E-state index is 13.9. The molecule has 4 heterocycles. The molecule has 45 heavy (non-hydrogen) atoms. The molecule has 11 heteroatoms. The number of hydrogen-bond donors (Lipinski definition) is 3. The summed E-state index contributed by atoms with van der Waals surface area (Å²) >= 11 is 0. The van der Waals surface area contributed by atoms with Crippen LogP contribution in [-0.2, 0) is 22.4 Å². The van der Waals surface area contributed by atoms with E-state index in [-0.39, 0.29) is 18.0 Å². The Kier molecular flexibility index (Phi) is 10.0. The van der Waals surface area contributed by atoms with Crippen LogP contribution in [0.4, 0.5) is 21.0 Å². The minimum absolute atomic E-state index is 0.0387. The van der Waals surface area contributed by atoms with Crippen molar-refractivity contribution in [2.24, 2.45) is 0 Å². The van der Waals surface area contributed by atoms with Gasteiger partial charge in [-0.25, -0.2) is 9.59 Å². The zero-order valence-corrected chi connectivity index (χ0v) is 26.2. The van der Waals surface area contributed by atoms with E-state index in [1.807, 2.05) is 52.3 Å². The van der Waals surface area contributed by atoms with E-state index in [2.05, 4.69) is 21.6 Å². The highest BCUT2D eigenvalue weighted by Crippen LogP contribution is 2.26. The van der Waals surface area contributed by atoms with Crippen molar-refractivity contribution in [2.45, 2.75) is 63.1 Å². The maximum Gasteiger partial charge on any atom is 0.410 e. The summed E-state index contributed by atoms with van der Waals surface area (Å²) in [5.41, 5.74) is 9.44. The first kappa shape index (κ1) is 31.2. The molecule has 4 amide bonds. The first-order valence-corrected chi connectivity index (χ1v) is 16.6. The van der Waals surface area contributed by atoms with Crippen molar-refractivity contribution in [2.75, 3.05) is 70.0 Å². The number of hydrogen-bond acceptors (Lipinski definition) is 7. The van der Waals surface area contributed by atoms with Crippen LogP contribution in [0.5, 0.6) is 0 Å². The summed E-state index contributed by atoms with van der Waals surface area (Å²) in [5.74, 6) is -0.133. The van der Waals surface area contributed by atoms with E-state index < -0.39 is 12.2 Å². The third kappa shape index (κ3) is 7.70. The van der Waals surface area contributed by atoms with Gasteiger partial charge in [-0.2, -0.15) is 0 Å². The highest BCUT2D eigenvalue weighted by molar-refractivity contribution is 5.91. The molecule has 0 saturated carbocycles. The second kappa shape index (κ2) is 14.5. The molecule has 2 aromatic carbocycles. The molecule has 3 saturated heterocycles. The number of ether oxygens (including phenoxy) is 1. The molecule has 0 aromatic heterocycles. The number of nitrogens with one attached hydrogen (secondary N) is 2. The highest BCUT2D eigenvalue weighted by atomic mass is 16.6. The van der Waals surface area contributed by atoms with Gasteiger partial charge in [0.15, 0.2) is 6.10 Å². The van der Waals surface area contributed by atoms with E-state index in [9.17, 15) is 14.4 Å². The number of carbonyl (C=O) groups excluding carboxylic acids is 3. The van der Waals surface area contributed by atoms with Gasteiger partial charge in [0.05, 0.1) is 0 Å². The van der Waals surface area contributed by atoms with Crippen LogP contribution in [0, 0.1) is 0 Å². The van der Waals surface area contributed by atoms with Gasteiger partial charge in [-0.05, 0) is 80.9 Å². The normalized spacial score (nSPS) is 21.3. The van der Waals surface area contributed by atoms with Gasteiger partial charge in [-0.15, -0.1) is 0 Å². The Morgan fingerprint density at radius 3 is 2.33 bits per heavy atom. The monoisotopic (exact) mass is 617 g/mol. The number of amides is 4. The van der Waals surface area contributed by atoms with Crippen LogP contribution < -0.4 is 16.4 Å². The summed E-state index contributed by atoms with van der Waals surface area (Å²) in [4.78, 5) is 48.4. The average molecular weight is 618 g/mol. The van der Waals surface area contributed by atoms with Crippen LogP contribution in [0.2, 0.25) is 0 Å². The molecule has 0 spiro atoms. The Morgan fingerprint density at radius 1 is 0.844 bits per heavy atom. The van der Waals surface area contributed by atoms with Crippen molar-refractivity contribution in [1.29, 1.82) is 0 Å². The molecule has 0 aliphatic carbocycles. The lowest BCUT2D eigenvalue weighted by atomic mass is 10.0. The molecule has 1 atom stereocenters. The minimum Gasteiger partial charge on any atom is -0.436 e. The lowest BCUT2D eigenvalue weighted by Crippen LogP contribution is -2.52. The van der Waals surface area contributed by atoms with Crippen molar-refractivity contribution in [3.8, 4) is 0 Å². The van der Waals surface area contributed by atoms with Gasteiger partial charge in [0.25, 0.3) is 5.91 Å². The van der Waals surface area contributed by atoms with Crippen molar-refractivity contribution in [3.63, 3.8) is 0 Å². The van der Waals surface area contributed by atoms with Crippen molar-refractivity contribution >= 4 is 29.4 Å². The van der Waals surface area contributed by atoms with Crippen molar-refractivity contribution < 1.29 is 19.1 Å². The number of likely N-dealkylation sites (tertiary alicyclic amines) is 2. The summed E-state index contributed by atoms with van der Waals surface area (Å²) in [6.45, 7) is 7.12. The summed E-state index contributed by atoms with van der Waals surface area (Å²) in [7, 11) is 0. The van der Waals surface area contributed by atoms with Crippen LogP contribution in [0.15, 0.2) is 48.5 Å². The van der Waals surface area contributed by atoms with E-state index >= 15 is 0 Å². The predicted molar refractivity (Wildman–Crippen MR) is 174 cm³/mol. The number of fused-ring (bicyclic) bond motifs is 1. The van der Waals surface area contributed by atoms with E-state index in [1.165, 1.54) is 0 Å². The maximum atomic E-state index is 13.9. The molecule has 0 unspecified atom stereocenters. The fourth-order valence-electron chi connectivity index (χ4n) is 7.23. The van der Waals surface area contributed by atoms with E-state index in [0.29, 0.717) is 63.7 Å². The summed E-state index contributed by atoms with van der Waals surface area (Å²) in [5, 5.41) is 6.52. The predicted octanol–water partition coefficient (Wildman–Crippen LogP) is 3.16. The molecule has 0 radical (unpaired) electrons. The molecule has 2 aromatic rings.